The van der Waals surface area contributed by atoms with Gasteiger partial charge in [0.2, 0.25) is 0 Å². The first-order valence-corrected chi connectivity index (χ1v) is 6.45. The lowest BCUT2D eigenvalue weighted by atomic mass is 9.92. The van der Waals surface area contributed by atoms with Crippen molar-refractivity contribution in [3.63, 3.8) is 0 Å². The largest absolute Gasteiger partial charge is 0.386 e. The lowest BCUT2D eigenvalue weighted by Crippen LogP contribution is -1.99. The van der Waals surface area contributed by atoms with Crippen molar-refractivity contribution in [1.82, 2.24) is 0 Å². The van der Waals surface area contributed by atoms with E-state index >= 15 is 0 Å². The van der Waals surface area contributed by atoms with E-state index in [0.717, 1.165) is 24.2 Å². The molecule has 0 radical (unpaired) electrons. The van der Waals surface area contributed by atoms with Gasteiger partial charge in [0.25, 0.3) is 0 Å². The predicted octanol–water partition coefficient (Wildman–Crippen LogP) is 3.88. The predicted molar refractivity (Wildman–Crippen MR) is 80.4 cm³/mol. The summed E-state index contributed by atoms with van der Waals surface area (Å²) in [4.78, 5) is 0. The molecule has 2 aromatic rings. The molecule has 0 unspecified atom stereocenters. The Morgan fingerprint density at radius 3 is 2.56 bits per heavy atom. The van der Waals surface area contributed by atoms with Crippen molar-refractivity contribution in [1.29, 1.82) is 0 Å². The normalized spacial score (nSPS) is 13.4. The average Bonchev–Trinajstić information content (AvgIpc) is 2.45. The highest BCUT2D eigenvalue weighted by Crippen LogP contribution is 2.33. The molecular weight excluding hydrogens is 220 g/mol. The van der Waals surface area contributed by atoms with E-state index in [9.17, 15) is 0 Å². The van der Waals surface area contributed by atoms with Crippen LogP contribution in [0.1, 0.15) is 17.5 Å². The van der Waals surface area contributed by atoms with Gasteiger partial charge in [-0.3, -0.25) is 0 Å². The van der Waals surface area contributed by atoms with Crippen molar-refractivity contribution in [3.05, 3.63) is 41.5 Å². The van der Waals surface area contributed by atoms with E-state index in [0.29, 0.717) is 0 Å². The topological polar surface area (TPSA) is 24.1 Å². The van der Waals surface area contributed by atoms with Crippen LogP contribution in [0.4, 0.5) is 11.4 Å². The number of aryl methyl sites for hydroxylation is 1. The lowest BCUT2D eigenvalue weighted by Gasteiger charge is -2.16. The highest BCUT2D eigenvalue weighted by atomic mass is 14.9. The highest BCUT2D eigenvalue weighted by molar-refractivity contribution is 5.98. The van der Waals surface area contributed by atoms with E-state index in [4.69, 9.17) is 0 Å². The second-order valence-corrected chi connectivity index (χ2v) is 4.70. The van der Waals surface area contributed by atoms with Crippen LogP contribution in [-0.2, 0) is 6.42 Å². The minimum Gasteiger partial charge on any atom is -0.386 e. The standard InChI is InChI=1S/C16H18N2/c1-17-15-9-12-8-7-11-5-3-4-6-13(11)14(12)10-16(15)18-2/h4,6-10,17-18H,3,5H2,1-2H3. The molecule has 0 fully saturated rings. The maximum atomic E-state index is 3.26. The Morgan fingerprint density at radius 2 is 1.78 bits per heavy atom. The van der Waals surface area contributed by atoms with E-state index in [1.807, 2.05) is 14.1 Å². The number of hydrogen-bond acceptors (Lipinski definition) is 2. The summed E-state index contributed by atoms with van der Waals surface area (Å²) in [6.45, 7) is 0. The van der Waals surface area contributed by atoms with Gasteiger partial charge in [0.05, 0.1) is 11.4 Å². The van der Waals surface area contributed by atoms with Crippen molar-refractivity contribution in [2.75, 3.05) is 24.7 Å². The fraction of sp³-hybridized carbons (Fsp3) is 0.250. The van der Waals surface area contributed by atoms with Crippen molar-refractivity contribution in [2.24, 2.45) is 0 Å². The van der Waals surface area contributed by atoms with Gasteiger partial charge in [-0.1, -0.05) is 24.3 Å². The molecule has 0 bridgehead atoms. The zero-order valence-corrected chi connectivity index (χ0v) is 10.9. The lowest BCUT2D eigenvalue weighted by molar-refractivity contribution is 0.990. The summed E-state index contributed by atoms with van der Waals surface area (Å²) in [7, 11) is 3.92. The third kappa shape index (κ3) is 1.65. The van der Waals surface area contributed by atoms with Gasteiger partial charge in [-0.2, -0.15) is 0 Å². The number of hydrogen-bond donors (Lipinski definition) is 2. The zero-order chi connectivity index (χ0) is 12.5. The van der Waals surface area contributed by atoms with Gasteiger partial charge in [-0.25, -0.2) is 0 Å². The van der Waals surface area contributed by atoms with Gasteiger partial charge in [0.1, 0.15) is 0 Å². The number of allylic oxidation sites excluding steroid dienone is 1. The second kappa shape index (κ2) is 4.37. The number of anilines is 2. The summed E-state index contributed by atoms with van der Waals surface area (Å²) in [5, 5.41) is 9.13. The third-order valence-corrected chi connectivity index (χ3v) is 3.69. The van der Waals surface area contributed by atoms with Crippen molar-refractivity contribution < 1.29 is 0 Å². The summed E-state index contributed by atoms with van der Waals surface area (Å²) in [6, 6.07) is 8.95. The molecule has 0 amide bonds. The van der Waals surface area contributed by atoms with E-state index < -0.39 is 0 Å². The Kier molecular flexibility index (Phi) is 2.71. The van der Waals surface area contributed by atoms with Crippen LogP contribution in [0, 0.1) is 0 Å². The molecule has 2 heteroatoms. The first-order valence-electron chi connectivity index (χ1n) is 6.45. The fourth-order valence-electron chi connectivity index (χ4n) is 2.71. The van der Waals surface area contributed by atoms with Gasteiger partial charge < -0.3 is 10.6 Å². The quantitative estimate of drug-likeness (QED) is 0.829. The Bertz CT molecular complexity index is 627. The van der Waals surface area contributed by atoms with Crippen LogP contribution in [0.5, 0.6) is 0 Å². The van der Waals surface area contributed by atoms with Gasteiger partial charge in [-0.15, -0.1) is 0 Å². The monoisotopic (exact) mass is 238 g/mol. The summed E-state index contributed by atoms with van der Waals surface area (Å²) >= 11 is 0. The van der Waals surface area contributed by atoms with Gasteiger partial charge >= 0.3 is 0 Å². The van der Waals surface area contributed by atoms with Gasteiger partial charge in [0.15, 0.2) is 0 Å². The molecule has 92 valence electrons. The van der Waals surface area contributed by atoms with Crippen LogP contribution in [0.25, 0.3) is 16.8 Å². The Labute approximate surface area is 108 Å². The van der Waals surface area contributed by atoms with Gasteiger partial charge in [-0.05, 0) is 46.9 Å². The molecule has 0 atom stereocenters. The number of rotatable bonds is 2. The van der Waals surface area contributed by atoms with E-state index in [1.54, 1.807) is 0 Å². The molecule has 2 N–H and O–H groups in total. The molecule has 1 aliphatic carbocycles. The molecule has 3 rings (SSSR count). The molecule has 0 saturated heterocycles. The summed E-state index contributed by atoms with van der Waals surface area (Å²) in [6.07, 6.45) is 6.85. The van der Waals surface area contributed by atoms with Gasteiger partial charge in [0, 0.05) is 14.1 Å². The van der Waals surface area contributed by atoms with Crippen molar-refractivity contribution in [2.45, 2.75) is 12.8 Å². The van der Waals surface area contributed by atoms with E-state index in [2.05, 4.69) is 47.1 Å². The fourth-order valence-corrected chi connectivity index (χ4v) is 2.71. The van der Waals surface area contributed by atoms with Crippen LogP contribution in [0.2, 0.25) is 0 Å². The molecule has 1 aliphatic rings. The van der Waals surface area contributed by atoms with Crippen molar-refractivity contribution >= 4 is 28.2 Å². The Hall–Kier alpha value is -1.96. The minimum atomic E-state index is 1.14. The first-order chi connectivity index (χ1) is 8.83. The summed E-state index contributed by atoms with van der Waals surface area (Å²) < 4.78 is 0. The molecule has 2 nitrogen and oxygen atoms in total. The second-order valence-electron chi connectivity index (χ2n) is 4.70. The van der Waals surface area contributed by atoms with Crippen LogP contribution in [-0.4, -0.2) is 14.1 Å². The number of fused-ring (bicyclic) bond motifs is 3. The van der Waals surface area contributed by atoms with Crippen LogP contribution in [0.15, 0.2) is 30.3 Å². The molecule has 18 heavy (non-hydrogen) atoms. The van der Waals surface area contributed by atoms with Crippen LogP contribution >= 0.6 is 0 Å². The van der Waals surface area contributed by atoms with E-state index in [-0.39, 0.29) is 0 Å². The van der Waals surface area contributed by atoms with Crippen molar-refractivity contribution in [3.8, 4) is 0 Å². The molecular formula is C16H18N2. The first kappa shape index (κ1) is 11.1. The SMILES string of the molecule is CNc1cc2ccc3c(c2cc1NC)C=CCC3. The average molecular weight is 238 g/mol. The highest BCUT2D eigenvalue weighted by Gasteiger charge is 2.10. The molecule has 0 aliphatic heterocycles. The molecule has 0 spiro atoms. The Balaban J connectivity index is 2.32. The summed E-state index contributed by atoms with van der Waals surface area (Å²) in [5.41, 5.74) is 5.14. The summed E-state index contributed by atoms with van der Waals surface area (Å²) in [5.74, 6) is 0. The molecule has 0 saturated carbocycles. The minimum absolute atomic E-state index is 1.14. The number of nitrogens with one attached hydrogen (secondary N) is 2. The van der Waals surface area contributed by atoms with Crippen LogP contribution < -0.4 is 10.6 Å². The third-order valence-electron chi connectivity index (χ3n) is 3.69. The molecule has 0 heterocycles. The maximum absolute atomic E-state index is 3.26. The smallest absolute Gasteiger partial charge is 0.0579 e. The van der Waals surface area contributed by atoms with E-state index in [1.165, 1.54) is 21.9 Å². The maximum Gasteiger partial charge on any atom is 0.0579 e. The molecule has 2 aromatic carbocycles. The zero-order valence-electron chi connectivity index (χ0n) is 10.9. The number of benzene rings is 2. The molecule has 0 aromatic heterocycles. The Morgan fingerprint density at radius 1 is 1.00 bits per heavy atom. The van der Waals surface area contributed by atoms with Crippen LogP contribution in [0.3, 0.4) is 0 Å².